The first-order valence-electron chi connectivity index (χ1n) is 19.3. The Bertz CT molecular complexity index is 1700. The first-order valence-corrected chi connectivity index (χ1v) is 19.3. The van der Waals surface area contributed by atoms with Gasteiger partial charge in [-0.1, -0.05) is 77.9 Å². The monoisotopic (exact) mass is 710 g/mol. The van der Waals surface area contributed by atoms with E-state index in [1.165, 1.54) is 57.0 Å². The number of carboxylic acids is 1. The standard InChI is InChI=1S/C33H33NO4.2C6H15N/c1-21-7-4-9-24(19-21)11-6-12-29(35)26-14-13-23(3)30-27(15-16-28(31(26)30)33(37)38)32(36)34-18-17-25-10-5-8-22(2)20-25;2*1-4-7(5-2)6-3/h4-5,7-10,13-16,19-20H,6,11-12,17-18H2,1-3H3,(H,34,36)(H,37,38);2*4-6H2,1-3H3/p+1. The number of nitrogens with one attached hydrogen (secondary N) is 3. The molecular formula is C45H64N3O4+. The third-order valence-electron chi connectivity index (χ3n) is 9.87. The second kappa shape index (κ2) is 23.3. The highest BCUT2D eigenvalue weighted by atomic mass is 16.4. The van der Waals surface area contributed by atoms with Crippen LogP contribution in [0.15, 0.2) is 72.8 Å². The quantitative estimate of drug-likeness (QED) is 0.140. The number of quaternary nitrogens is 2. The van der Waals surface area contributed by atoms with Crippen LogP contribution in [0, 0.1) is 20.8 Å². The predicted octanol–water partition coefficient (Wildman–Crippen LogP) is 5.17. The average molecular weight is 711 g/mol. The molecule has 0 unspecified atom stereocenters. The fourth-order valence-electron chi connectivity index (χ4n) is 6.50. The number of aryl methyl sites for hydroxylation is 4. The van der Waals surface area contributed by atoms with Crippen molar-refractivity contribution in [3.05, 3.63) is 117 Å². The fourth-order valence-corrected chi connectivity index (χ4v) is 6.50. The molecule has 4 aromatic rings. The number of carboxylic acid groups (broad SMARTS) is 1. The Labute approximate surface area is 313 Å². The summed E-state index contributed by atoms with van der Waals surface area (Å²) in [6.45, 7) is 27.3. The van der Waals surface area contributed by atoms with E-state index in [1.807, 2.05) is 57.2 Å². The van der Waals surface area contributed by atoms with Gasteiger partial charge in [-0.3, -0.25) is 9.59 Å². The summed E-state index contributed by atoms with van der Waals surface area (Å²) >= 11 is 0. The molecule has 4 rings (SSSR count). The molecule has 0 aromatic heterocycles. The molecule has 7 nitrogen and oxygen atoms in total. The molecule has 0 bridgehead atoms. The largest absolute Gasteiger partial charge is 0.545 e. The summed E-state index contributed by atoms with van der Waals surface area (Å²) in [5.74, 6) is -1.83. The van der Waals surface area contributed by atoms with Crippen molar-refractivity contribution in [2.75, 3.05) is 45.8 Å². The number of aromatic carboxylic acids is 1. The van der Waals surface area contributed by atoms with Crippen LogP contribution in [0.2, 0.25) is 0 Å². The molecule has 3 N–H and O–H groups in total. The molecular weight excluding hydrogens is 647 g/mol. The van der Waals surface area contributed by atoms with Crippen LogP contribution in [0.3, 0.4) is 0 Å². The average Bonchev–Trinajstić information content (AvgIpc) is 3.13. The third-order valence-corrected chi connectivity index (χ3v) is 9.87. The summed E-state index contributed by atoms with van der Waals surface area (Å²) < 4.78 is 0. The van der Waals surface area contributed by atoms with E-state index in [0.29, 0.717) is 35.9 Å². The van der Waals surface area contributed by atoms with Crippen molar-refractivity contribution in [2.24, 2.45) is 0 Å². The number of hydrogen-bond donors (Lipinski definition) is 3. The van der Waals surface area contributed by atoms with Crippen LogP contribution in [-0.4, -0.2) is 63.5 Å². The van der Waals surface area contributed by atoms with Crippen LogP contribution in [0.5, 0.6) is 0 Å². The molecule has 1 amide bonds. The lowest BCUT2D eigenvalue weighted by molar-refractivity contribution is -0.894. The number of fused-ring (bicyclic) bond motifs is 1. The van der Waals surface area contributed by atoms with Gasteiger partial charge in [0.2, 0.25) is 0 Å². The molecule has 0 saturated carbocycles. The van der Waals surface area contributed by atoms with Crippen LogP contribution in [-0.2, 0) is 12.8 Å². The van der Waals surface area contributed by atoms with Gasteiger partial charge in [0.15, 0.2) is 5.78 Å². The van der Waals surface area contributed by atoms with E-state index in [1.54, 1.807) is 21.9 Å². The summed E-state index contributed by atoms with van der Waals surface area (Å²) in [5, 5.41) is 15.8. The van der Waals surface area contributed by atoms with Crippen molar-refractivity contribution >= 4 is 28.4 Å². The van der Waals surface area contributed by atoms with Crippen LogP contribution >= 0.6 is 0 Å². The second-order valence-electron chi connectivity index (χ2n) is 13.5. The predicted molar refractivity (Wildman–Crippen MR) is 214 cm³/mol. The number of benzene rings is 4. The maximum absolute atomic E-state index is 13.3. The maximum atomic E-state index is 13.3. The van der Waals surface area contributed by atoms with Gasteiger partial charge in [0.05, 0.1) is 45.2 Å². The SMILES string of the molecule is CC[NH+](CC)CC.CC[NH+](CC)CC.Cc1cccc(CCCC(=O)c2ccc(C)c3c(C(=O)NCCc4cccc(C)c4)ccc(C(=O)[O-])c23)c1. The van der Waals surface area contributed by atoms with E-state index in [4.69, 9.17) is 0 Å². The lowest BCUT2D eigenvalue weighted by atomic mass is 9.89. The van der Waals surface area contributed by atoms with Crippen molar-refractivity contribution in [1.82, 2.24) is 5.32 Å². The number of Topliss-reactive ketones (excluding diaryl/α,β-unsaturated/α-hetero) is 1. The summed E-state index contributed by atoms with van der Waals surface area (Å²) in [4.78, 5) is 42.0. The van der Waals surface area contributed by atoms with Crippen molar-refractivity contribution in [1.29, 1.82) is 0 Å². The molecule has 0 aliphatic carbocycles. The number of carbonyl (C=O) groups is 3. The first-order chi connectivity index (χ1) is 24.9. The van der Waals surface area contributed by atoms with Crippen LogP contribution in [0.25, 0.3) is 10.8 Å². The molecule has 0 aliphatic rings. The number of carbonyl (C=O) groups excluding carboxylic acids is 3. The molecule has 0 atom stereocenters. The topological polar surface area (TPSA) is 95.2 Å². The highest BCUT2D eigenvalue weighted by Crippen LogP contribution is 2.31. The Balaban J connectivity index is 0.000000564. The molecule has 0 fully saturated rings. The molecule has 7 heteroatoms. The van der Waals surface area contributed by atoms with Crippen molar-refractivity contribution in [3.63, 3.8) is 0 Å². The summed E-state index contributed by atoms with van der Waals surface area (Å²) in [5.41, 5.74) is 5.91. The molecule has 0 spiro atoms. The highest BCUT2D eigenvalue weighted by molar-refractivity contribution is 6.20. The smallest absolute Gasteiger partial charge is 0.251 e. The van der Waals surface area contributed by atoms with E-state index in [9.17, 15) is 19.5 Å². The van der Waals surface area contributed by atoms with Gasteiger partial charge in [0.25, 0.3) is 5.91 Å². The Kier molecular flexibility index (Phi) is 19.6. The van der Waals surface area contributed by atoms with E-state index >= 15 is 0 Å². The maximum Gasteiger partial charge on any atom is 0.251 e. The van der Waals surface area contributed by atoms with Crippen molar-refractivity contribution in [3.8, 4) is 0 Å². The number of hydrogen-bond acceptors (Lipinski definition) is 4. The minimum absolute atomic E-state index is 0.0814. The third kappa shape index (κ3) is 13.7. The minimum Gasteiger partial charge on any atom is -0.545 e. The molecule has 0 radical (unpaired) electrons. The second-order valence-corrected chi connectivity index (χ2v) is 13.5. The van der Waals surface area contributed by atoms with Gasteiger partial charge in [0, 0.05) is 35.0 Å². The lowest BCUT2D eigenvalue weighted by Crippen LogP contribution is -3.11. The molecule has 4 aromatic carbocycles. The Morgan fingerprint density at radius 1 is 0.596 bits per heavy atom. The minimum atomic E-state index is -1.37. The van der Waals surface area contributed by atoms with E-state index in [0.717, 1.165) is 28.7 Å². The zero-order chi connectivity index (χ0) is 38.6. The van der Waals surface area contributed by atoms with Crippen LogP contribution in [0.1, 0.15) is 113 Å². The van der Waals surface area contributed by atoms with Gasteiger partial charge in [0.1, 0.15) is 0 Å². The van der Waals surface area contributed by atoms with E-state index in [-0.39, 0.29) is 29.1 Å². The Morgan fingerprint density at radius 3 is 1.54 bits per heavy atom. The number of rotatable bonds is 16. The Hall–Kier alpha value is -4.33. The summed E-state index contributed by atoms with van der Waals surface area (Å²) in [6.07, 6.45) is 2.33. The number of ketones is 1. The van der Waals surface area contributed by atoms with Crippen LogP contribution in [0.4, 0.5) is 0 Å². The number of amides is 1. The van der Waals surface area contributed by atoms with Gasteiger partial charge in [-0.2, -0.15) is 0 Å². The molecule has 282 valence electrons. The van der Waals surface area contributed by atoms with Gasteiger partial charge < -0.3 is 25.0 Å². The lowest BCUT2D eigenvalue weighted by Gasteiger charge is -2.17. The van der Waals surface area contributed by atoms with Gasteiger partial charge in [-0.25, -0.2) is 0 Å². The van der Waals surface area contributed by atoms with Crippen molar-refractivity contribution < 1.29 is 29.3 Å². The molecule has 0 heterocycles. The zero-order valence-corrected chi connectivity index (χ0v) is 33.3. The Morgan fingerprint density at radius 2 is 1.08 bits per heavy atom. The van der Waals surface area contributed by atoms with Crippen molar-refractivity contribution in [2.45, 2.75) is 88.0 Å². The molecule has 52 heavy (non-hydrogen) atoms. The zero-order valence-electron chi connectivity index (χ0n) is 33.3. The normalized spacial score (nSPS) is 10.8. The molecule has 0 saturated heterocycles. The summed E-state index contributed by atoms with van der Waals surface area (Å²) in [6, 6.07) is 22.6. The van der Waals surface area contributed by atoms with Gasteiger partial charge >= 0.3 is 0 Å². The van der Waals surface area contributed by atoms with Gasteiger partial charge in [-0.05, 0) is 110 Å². The van der Waals surface area contributed by atoms with E-state index < -0.39 is 5.97 Å². The first kappa shape index (κ1) is 43.8. The van der Waals surface area contributed by atoms with Crippen LogP contribution < -0.4 is 20.2 Å². The fraction of sp³-hybridized carbons (Fsp3) is 0.444. The highest BCUT2D eigenvalue weighted by Gasteiger charge is 2.20. The van der Waals surface area contributed by atoms with Gasteiger partial charge in [-0.15, -0.1) is 0 Å². The molecule has 0 aliphatic heterocycles. The summed E-state index contributed by atoms with van der Waals surface area (Å²) in [7, 11) is 0. The van der Waals surface area contributed by atoms with E-state index in [2.05, 4.69) is 59.0 Å².